The molecule has 32 heavy (non-hydrogen) atoms. The lowest BCUT2D eigenvalue weighted by molar-refractivity contribution is -0.117. The molecule has 1 aromatic heterocycles. The molecule has 2 aromatic rings. The second kappa shape index (κ2) is 8.45. The minimum absolute atomic E-state index is 0.171. The Labute approximate surface area is 186 Å². The largest absolute Gasteiger partial charge is 0.493 e. The van der Waals surface area contributed by atoms with Gasteiger partial charge in [0.05, 0.1) is 24.2 Å². The predicted molar refractivity (Wildman–Crippen MR) is 121 cm³/mol. The number of carbonyl (C=O) groups excluding carboxylic acids is 1. The summed E-state index contributed by atoms with van der Waals surface area (Å²) in [6.45, 7) is 6.38. The maximum absolute atomic E-state index is 13.9. The second-order valence-electron chi connectivity index (χ2n) is 8.88. The third-order valence-corrected chi connectivity index (χ3v) is 6.46. The molecular weight excluding hydrogens is 412 g/mol. The molecule has 1 aliphatic heterocycles. The van der Waals surface area contributed by atoms with Crippen LogP contribution < -0.4 is 10.1 Å². The number of anilines is 1. The number of nitrogens with zero attached hydrogens (tertiary/aromatic N) is 2. The molecule has 1 N–H and O–H groups in total. The van der Waals surface area contributed by atoms with Crippen LogP contribution in [0.2, 0.25) is 0 Å². The van der Waals surface area contributed by atoms with Crippen molar-refractivity contribution in [3.8, 4) is 5.75 Å². The Morgan fingerprint density at radius 2 is 1.94 bits per heavy atom. The van der Waals surface area contributed by atoms with E-state index in [1.54, 1.807) is 13.2 Å². The van der Waals surface area contributed by atoms with E-state index >= 15 is 0 Å². The molecule has 1 spiro atoms. The van der Waals surface area contributed by atoms with E-state index in [2.05, 4.69) is 15.3 Å². The number of amides is 1. The van der Waals surface area contributed by atoms with E-state index in [4.69, 9.17) is 4.74 Å². The van der Waals surface area contributed by atoms with Gasteiger partial charge in [-0.2, -0.15) is 0 Å². The summed E-state index contributed by atoms with van der Waals surface area (Å²) in [5, 5.41) is 2.89. The number of benzene rings is 1. The van der Waals surface area contributed by atoms with Crippen molar-refractivity contribution in [2.75, 3.05) is 19.0 Å². The summed E-state index contributed by atoms with van der Waals surface area (Å²) in [5.41, 5.74) is 4.75. The van der Waals surface area contributed by atoms with Gasteiger partial charge in [-0.3, -0.25) is 14.8 Å². The van der Waals surface area contributed by atoms with Gasteiger partial charge in [-0.15, -0.1) is 0 Å². The van der Waals surface area contributed by atoms with Crippen LogP contribution >= 0.6 is 0 Å². The molecule has 1 atom stereocenters. The van der Waals surface area contributed by atoms with Crippen molar-refractivity contribution >= 4 is 22.9 Å². The molecule has 2 aliphatic rings. The predicted octanol–water partition coefficient (Wildman–Crippen LogP) is 5.53. The molecule has 1 unspecified atom stereocenters. The minimum Gasteiger partial charge on any atom is -0.493 e. The van der Waals surface area contributed by atoms with Gasteiger partial charge in [0.15, 0.2) is 11.6 Å². The molecule has 7 heteroatoms. The number of rotatable bonds is 5. The number of allylic oxidation sites excluding steroid dienone is 2. The lowest BCUT2D eigenvalue weighted by atomic mass is 9.79. The Balaban J connectivity index is 1.51. The van der Waals surface area contributed by atoms with Crippen LogP contribution in [-0.2, 0) is 4.79 Å². The number of aromatic nitrogens is 1. The number of pyridine rings is 1. The quantitative estimate of drug-likeness (QED) is 0.623. The first kappa shape index (κ1) is 22.1. The first-order chi connectivity index (χ1) is 15.2. The average Bonchev–Trinajstić information content (AvgIpc) is 3.53. The van der Waals surface area contributed by atoms with Crippen molar-refractivity contribution in [1.82, 2.24) is 4.98 Å². The fourth-order valence-electron chi connectivity index (χ4n) is 4.50. The standard InChI is InChI=1S/C25H27F2N3O2/c1-14(2)24(15(3)28-4)21-6-5-16(12-29-21)30-23(31)10-18-17-9-19(26)20(27)11-22(17)32-13-25(18)7-8-25/h5-6,9,11-12,18H,7-8,10,13H2,1-4H3,(H,30,31)/b28-15-. The number of hydrogen-bond acceptors (Lipinski definition) is 4. The SMILES string of the molecule is C/N=C(/C)C(=C(C)C)c1ccc(NC(=O)CC2c3cc(F)c(F)cc3OCC23CC3)cn1. The molecule has 1 fully saturated rings. The topological polar surface area (TPSA) is 63.6 Å². The van der Waals surface area contributed by atoms with Crippen molar-refractivity contribution in [1.29, 1.82) is 0 Å². The Hall–Kier alpha value is -3.09. The molecule has 0 bridgehead atoms. The monoisotopic (exact) mass is 439 g/mol. The van der Waals surface area contributed by atoms with Crippen molar-refractivity contribution in [3.63, 3.8) is 0 Å². The molecule has 0 saturated heterocycles. The lowest BCUT2D eigenvalue weighted by Crippen LogP contribution is -2.31. The molecule has 5 nitrogen and oxygen atoms in total. The van der Waals surface area contributed by atoms with Crippen LogP contribution in [0, 0.1) is 17.0 Å². The van der Waals surface area contributed by atoms with Gasteiger partial charge >= 0.3 is 0 Å². The lowest BCUT2D eigenvalue weighted by Gasteiger charge is -2.33. The summed E-state index contributed by atoms with van der Waals surface area (Å²) in [4.78, 5) is 21.6. The number of hydrogen-bond donors (Lipinski definition) is 1. The number of aliphatic imine (C=N–C) groups is 1. The molecule has 4 rings (SSSR count). The normalized spacial score (nSPS) is 18.6. The fourth-order valence-corrected chi connectivity index (χ4v) is 4.50. The van der Waals surface area contributed by atoms with Crippen LogP contribution in [-0.4, -0.2) is 30.3 Å². The molecular formula is C25H27F2N3O2. The second-order valence-corrected chi connectivity index (χ2v) is 8.88. The molecule has 0 radical (unpaired) electrons. The van der Waals surface area contributed by atoms with Gasteiger partial charge < -0.3 is 10.1 Å². The van der Waals surface area contributed by atoms with E-state index in [9.17, 15) is 13.6 Å². The third-order valence-electron chi connectivity index (χ3n) is 6.46. The van der Waals surface area contributed by atoms with Crippen LogP contribution in [0.3, 0.4) is 0 Å². The smallest absolute Gasteiger partial charge is 0.225 e. The first-order valence-corrected chi connectivity index (χ1v) is 10.7. The number of fused-ring (bicyclic) bond motifs is 1. The molecule has 168 valence electrons. The van der Waals surface area contributed by atoms with E-state index in [1.165, 1.54) is 6.07 Å². The van der Waals surface area contributed by atoms with E-state index in [0.717, 1.165) is 41.5 Å². The van der Waals surface area contributed by atoms with Gasteiger partial charge in [-0.1, -0.05) is 5.57 Å². The van der Waals surface area contributed by atoms with Gasteiger partial charge in [0, 0.05) is 47.7 Å². The van der Waals surface area contributed by atoms with Gasteiger partial charge in [0.1, 0.15) is 5.75 Å². The highest BCUT2D eigenvalue weighted by Crippen LogP contribution is 2.61. The highest BCUT2D eigenvalue weighted by molar-refractivity contribution is 6.22. The number of carbonyl (C=O) groups is 1. The zero-order chi connectivity index (χ0) is 23.0. The van der Waals surface area contributed by atoms with Crippen LogP contribution in [0.15, 0.2) is 41.0 Å². The van der Waals surface area contributed by atoms with E-state index in [0.29, 0.717) is 23.6 Å². The first-order valence-electron chi connectivity index (χ1n) is 10.7. The summed E-state index contributed by atoms with van der Waals surface area (Å²) in [7, 11) is 1.74. The summed E-state index contributed by atoms with van der Waals surface area (Å²) in [6, 6.07) is 5.93. The molecule has 1 saturated carbocycles. The molecule has 1 aromatic carbocycles. The Morgan fingerprint density at radius 3 is 2.53 bits per heavy atom. The Bertz CT molecular complexity index is 1110. The number of ether oxygens (including phenoxy) is 1. The number of nitrogens with one attached hydrogen (secondary N) is 1. The van der Waals surface area contributed by atoms with Crippen LogP contribution in [0.1, 0.15) is 57.2 Å². The van der Waals surface area contributed by atoms with E-state index in [1.807, 2.05) is 32.9 Å². The highest BCUT2D eigenvalue weighted by Gasteiger charge is 2.54. The zero-order valence-corrected chi connectivity index (χ0v) is 18.8. The summed E-state index contributed by atoms with van der Waals surface area (Å²) in [6.07, 6.45) is 3.61. The summed E-state index contributed by atoms with van der Waals surface area (Å²) >= 11 is 0. The van der Waals surface area contributed by atoms with Crippen LogP contribution in [0.4, 0.5) is 14.5 Å². The fraction of sp³-hybridized carbons (Fsp3) is 0.400. The number of halogens is 2. The summed E-state index contributed by atoms with van der Waals surface area (Å²) in [5.74, 6) is -1.94. The van der Waals surface area contributed by atoms with Crippen molar-refractivity contribution in [2.24, 2.45) is 10.4 Å². The van der Waals surface area contributed by atoms with Crippen molar-refractivity contribution in [3.05, 3.63) is 58.9 Å². The zero-order valence-electron chi connectivity index (χ0n) is 18.8. The average molecular weight is 440 g/mol. The van der Waals surface area contributed by atoms with Gasteiger partial charge in [0.25, 0.3) is 0 Å². The van der Waals surface area contributed by atoms with Crippen LogP contribution in [0.25, 0.3) is 5.57 Å². The minimum atomic E-state index is -0.941. The molecule has 2 heterocycles. The Morgan fingerprint density at radius 1 is 1.22 bits per heavy atom. The van der Waals surface area contributed by atoms with Gasteiger partial charge in [-0.25, -0.2) is 8.78 Å². The third kappa shape index (κ3) is 4.16. The van der Waals surface area contributed by atoms with E-state index < -0.39 is 11.6 Å². The van der Waals surface area contributed by atoms with Crippen LogP contribution in [0.5, 0.6) is 5.75 Å². The van der Waals surface area contributed by atoms with Gasteiger partial charge in [0.2, 0.25) is 5.91 Å². The maximum Gasteiger partial charge on any atom is 0.225 e. The van der Waals surface area contributed by atoms with Gasteiger partial charge in [-0.05, 0) is 51.8 Å². The molecule has 1 aliphatic carbocycles. The molecule has 1 amide bonds. The van der Waals surface area contributed by atoms with E-state index in [-0.39, 0.29) is 23.7 Å². The summed E-state index contributed by atoms with van der Waals surface area (Å²) < 4.78 is 33.3. The Kier molecular flexibility index (Phi) is 5.84. The highest BCUT2D eigenvalue weighted by atomic mass is 19.2. The maximum atomic E-state index is 13.9. The van der Waals surface area contributed by atoms with Crippen molar-refractivity contribution < 1.29 is 18.3 Å². The van der Waals surface area contributed by atoms with Crippen molar-refractivity contribution in [2.45, 2.75) is 46.0 Å².